The second-order valence-electron chi connectivity index (χ2n) is 4.83. The Morgan fingerprint density at radius 1 is 1.24 bits per heavy atom. The fourth-order valence-electron chi connectivity index (χ4n) is 2.03. The molecule has 1 amide bonds. The van der Waals surface area contributed by atoms with Crippen LogP contribution in [0.25, 0.3) is 0 Å². The summed E-state index contributed by atoms with van der Waals surface area (Å²) in [4.78, 5) is 12.2. The van der Waals surface area contributed by atoms with E-state index in [1.54, 1.807) is 31.2 Å². The highest BCUT2D eigenvalue weighted by molar-refractivity contribution is 5.94. The minimum absolute atomic E-state index is 0.182. The van der Waals surface area contributed by atoms with Gasteiger partial charge in [0.2, 0.25) is 0 Å². The third kappa shape index (κ3) is 3.99. The van der Waals surface area contributed by atoms with Crippen LogP contribution in [0.4, 0.5) is 11.4 Å². The first-order valence-electron chi connectivity index (χ1n) is 7.01. The van der Waals surface area contributed by atoms with E-state index in [-0.39, 0.29) is 5.91 Å². The van der Waals surface area contributed by atoms with Crippen LogP contribution in [-0.4, -0.2) is 12.0 Å². The first-order chi connectivity index (χ1) is 10.1. The topological polar surface area (TPSA) is 64.3 Å². The van der Waals surface area contributed by atoms with Crippen LogP contribution in [0.15, 0.2) is 48.5 Å². The van der Waals surface area contributed by atoms with Crippen LogP contribution in [0.5, 0.6) is 5.75 Å². The Kier molecular flexibility index (Phi) is 4.82. The number of nitrogens with two attached hydrogens (primary N) is 1. The molecule has 0 aliphatic rings. The van der Waals surface area contributed by atoms with Gasteiger partial charge in [-0.1, -0.05) is 31.2 Å². The van der Waals surface area contributed by atoms with E-state index in [9.17, 15) is 4.79 Å². The van der Waals surface area contributed by atoms with Gasteiger partial charge in [0, 0.05) is 17.4 Å². The maximum Gasteiger partial charge on any atom is 0.265 e. The van der Waals surface area contributed by atoms with E-state index in [1.165, 1.54) is 0 Å². The molecule has 0 spiro atoms. The number of ether oxygens (including phenoxy) is 1. The molecule has 2 aromatic carbocycles. The second kappa shape index (κ2) is 6.79. The summed E-state index contributed by atoms with van der Waals surface area (Å²) in [5.74, 6) is 0.403. The summed E-state index contributed by atoms with van der Waals surface area (Å²) >= 11 is 0. The van der Waals surface area contributed by atoms with Crippen LogP contribution >= 0.6 is 0 Å². The van der Waals surface area contributed by atoms with E-state index in [4.69, 9.17) is 10.5 Å². The molecular weight excluding hydrogens is 264 g/mol. The molecule has 0 aliphatic carbocycles. The molecule has 4 nitrogen and oxygen atoms in total. The molecule has 0 aromatic heterocycles. The summed E-state index contributed by atoms with van der Waals surface area (Å²) in [5, 5.41) is 2.90. The van der Waals surface area contributed by atoms with Crippen LogP contribution in [-0.2, 0) is 11.2 Å². The number of hydrogen-bond acceptors (Lipinski definition) is 3. The van der Waals surface area contributed by atoms with Crippen molar-refractivity contribution >= 4 is 17.3 Å². The van der Waals surface area contributed by atoms with Crippen molar-refractivity contribution < 1.29 is 9.53 Å². The maximum atomic E-state index is 12.2. The summed E-state index contributed by atoms with van der Waals surface area (Å²) in [5.41, 5.74) is 8.23. The second-order valence-corrected chi connectivity index (χ2v) is 4.83. The number of hydrogen-bond donors (Lipinski definition) is 2. The van der Waals surface area contributed by atoms with Crippen molar-refractivity contribution in [3.63, 3.8) is 0 Å². The van der Waals surface area contributed by atoms with E-state index < -0.39 is 6.10 Å². The first kappa shape index (κ1) is 14.9. The van der Waals surface area contributed by atoms with Crippen LogP contribution in [0, 0.1) is 0 Å². The molecule has 110 valence electrons. The zero-order valence-corrected chi connectivity index (χ0v) is 12.3. The molecule has 0 fully saturated rings. The highest BCUT2D eigenvalue weighted by atomic mass is 16.5. The predicted molar refractivity (Wildman–Crippen MR) is 85.4 cm³/mol. The lowest BCUT2D eigenvalue weighted by Gasteiger charge is -2.16. The Balaban J connectivity index is 2.02. The Bertz CT molecular complexity index is 626. The molecule has 2 aromatic rings. The van der Waals surface area contributed by atoms with Crippen molar-refractivity contribution in [2.45, 2.75) is 26.4 Å². The van der Waals surface area contributed by atoms with Crippen LogP contribution in [0.1, 0.15) is 19.4 Å². The average Bonchev–Trinajstić information content (AvgIpc) is 2.47. The fourth-order valence-corrected chi connectivity index (χ4v) is 2.03. The molecular formula is C17H20N2O2. The molecule has 0 saturated carbocycles. The number of benzene rings is 2. The minimum Gasteiger partial charge on any atom is -0.481 e. The number of anilines is 2. The number of nitrogens with one attached hydrogen (secondary N) is 1. The zero-order chi connectivity index (χ0) is 15.2. The van der Waals surface area contributed by atoms with Crippen molar-refractivity contribution in [3.8, 4) is 5.75 Å². The molecule has 0 bridgehead atoms. The molecule has 0 aliphatic heterocycles. The van der Waals surface area contributed by atoms with Gasteiger partial charge in [-0.25, -0.2) is 0 Å². The average molecular weight is 284 g/mol. The highest BCUT2D eigenvalue weighted by Crippen LogP contribution is 2.18. The lowest BCUT2D eigenvalue weighted by Crippen LogP contribution is -2.30. The van der Waals surface area contributed by atoms with Gasteiger partial charge < -0.3 is 15.8 Å². The lowest BCUT2D eigenvalue weighted by molar-refractivity contribution is -0.122. The standard InChI is InChI=1S/C17H20N2O2/c1-3-13-7-4-5-10-16(13)19-17(20)12(2)21-15-9-6-8-14(18)11-15/h4-12H,3,18H2,1-2H3,(H,19,20)/t12-/m1/s1. The SMILES string of the molecule is CCc1ccccc1NC(=O)[C@@H](C)Oc1cccc(N)c1. The van der Waals surface area contributed by atoms with Gasteiger partial charge in [-0.3, -0.25) is 4.79 Å². The molecule has 21 heavy (non-hydrogen) atoms. The zero-order valence-electron chi connectivity index (χ0n) is 12.3. The van der Waals surface area contributed by atoms with Gasteiger partial charge in [-0.05, 0) is 37.1 Å². The Morgan fingerprint density at radius 3 is 2.71 bits per heavy atom. The monoisotopic (exact) mass is 284 g/mol. The van der Waals surface area contributed by atoms with Crippen LogP contribution in [0.2, 0.25) is 0 Å². The predicted octanol–water partition coefficient (Wildman–Crippen LogP) is 3.24. The van der Waals surface area contributed by atoms with Crippen molar-refractivity contribution in [2.75, 3.05) is 11.1 Å². The third-order valence-corrected chi connectivity index (χ3v) is 3.20. The van der Waals surface area contributed by atoms with Gasteiger partial charge in [0.05, 0.1) is 0 Å². The summed E-state index contributed by atoms with van der Waals surface area (Å²) < 4.78 is 5.61. The van der Waals surface area contributed by atoms with Crippen molar-refractivity contribution in [1.29, 1.82) is 0 Å². The van der Waals surface area contributed by atoms with Gasteiger partial charge >= 0.3 is 0 Å². The smallest absolute Gasteiger partial charge is 0.265 e. The van der Waals surface area contributed by atoms with Gasteiger partial charge in [-0.2, -0.15) is 0 Å². The summed E-state index contributed by atoms with van der Waals surface area (Å²) in [6.07, 6.45) is 0.262. The third-order valence-electron chi connectivity index (χ3n) is 3.20. The number of rotatable bonds is 5. The first-order valence-corrected chi connectivity index (χ1v) is 7.01. The Morgan fingerprint density at radius 2 is 2.00 bits per heavy atom. The number of amides is 1. The number of para-hydroxylation sites is 1. The summed E-state index contributed by atoms with van der Waals surface area (Å²) in [6.45, 7) is 3.77. The normalized spacial score (nSPS) is 11.7. The summed E-state index contributed by atoms with van der Waals surface area (Å²) in [6, 6.07) is 14.8. The van der Waals surface area contributed by atoms with Gasteiger partial charge in [0.1, 0.15) is 5.75 Å². The molecule has 0 radical (unpaired) electrons. The van der Waals surface area contributed by atoms with E-state index in [1.807, 2.05) is 24.3 Å². The lowest BCUT2D eigenvalue weighted by atomic mass is 10.1. The summed E-state index contributed by atoms with van der Waals surface area (Å²) in [7, 11) is 0. The molecule has 0 saturated heterocycles. The number of carbonyl (C=O) groups excluding carboxylic acids is 1. The van der Waals surface area contributed by atoms with Gasteiger partial charge in [-0.15, -0.1) is 0 Å². The van der Waals surface area contributed by atoms with E-state index in [0.717, 1.165) is 17.7 Å². The van der Waals surface area contributed by atoms with Gasteiger partial charge in [0.15, 0.2) is 6.10 Å². The van der Waals surface area contributed by atoms with Crippen molar-refractivity contribution in [2.24, 2.45) is 0 Å². The van der Waals surface area contributed by atoms with Crippen LogP contribution in [0.3, 0.4) is 0 Å². The number of aryl methyl sites for hydroxylation is 1. The quantitative estimate of drug-likeness (QED) is 0.828. The van der Waals surface area contributed by atoms with Crippen molar-refractivity contribution in [1.82, 2.24) is 0 Å². The van der Waals surface area contributed by atoms with Crippen LogP contribution < -0.4 is 15.8 Å². The fraction of sp³-hybridized carbons (Fsp3) is 0.235. The Labute approximate surface area is 124 Å². The minimum atomic E-state index is -0.600. The molecule has 2 rings (SSSR count). The largest absolute Gasteiger partial charge is 0.481 e. The van der Waals surface area contributed by atoms with E-state index in [0.29, 0.717) is 11.4 Å². The number of carbonyl (C=O) groups is 1. The molecule has 0 heterocycles. The molecule has 1 atom stereocenters. The Hall–Kier alpha value is -2.49. The molecule has 3 N–H and O–H groups in total. The highest BCUT2D eigenvalue weighted by Gasteiger charge is 2.15. The van der Waals surface area contributed by atoms with Crippen molar-refractivity contribution in [3.05, 3.63) is 54.1 Å². The molecule has 0 unspecified atom stereocenters. The van der Waals surface area contributed by atoms with E-state index in [2.05, 4.69) is 12.2 Å². The van der Waals surface area contributed by atoms with Gasteiger partial charge in [0.25, 0.3) is 5.91 Å². The molecule has 4 heteroatoms. The van der Waals surface area contributed by atoms with E-state index >= 15 is 0 Å². The maximum absolute atomic E-state index is 12.2. The number of nitrogen functional groups attached to an aromatic ring is 1.